The molecule has 5 nitrogen and oxygen atoms in total. The van der Waals surface area contributed by atoms with Gasteiger partial charge in [0, 0.05) is 25.2 Å². The van der Waals surface area contributed by atoms with Crippen LogP contribution in [0.15, 0.2) is 18.2 Å². The summed E-state index contributed by atoms with van der Waals surface area (Å²) >= 11 is 6.02. The lowest BCUT2D eigenvalue weighted by molar-refractivity contribution is -0.117. The van der Waals surface area contributed by atoms with E-state index in [1.807, 2.05) is 6.92 Å². The van der Waals surface area contributed by atoms with Crippen LogP contribution in [-0.2, 0) is 4.79 Å². The van der Waals surface area contributed by atoms with E-state index in [0.29, 0.717) is 35.9 Å². The SMILES string of the molecule is CC1(O)CCCN(CCC(=O)Nc2ccc(N)cc2Cl)C1. The summed E-state index contributed by atoms with van der Waals surface area (Å²) in [5, 5.41) is 13.3. The molecule has 1 unspecified atom stereocenters. The molecule has 0 aliphatic carbocycles. The largest absolute Gasteiger partial charge is 0.399 e. The van der Waals surface area contributed by atoms with Crippen molar-refractivity contribution in [3.8, 4) is 0 Å². The quantitative estimate of drug-likeness (QED) is 0.744. The third-order valence-corrected chi connectivity index (χ3v) is 3.99. The van der Waals surface area contributed by atoms with Crippen molar-refractivity contribution in [1.82, 2.24) is 4.90 Å². The fraction of sp³-hybridized carbons (Fsp3) is 0.533. The van der Waals surface area contributed by atoms with Gasteiger partial charge in [-0.15, -0.1) is 0 Å². The molecule has 1 heterocycles. The van der Waals surface area contributed by atoms with Crippen molar-refractivity contribution in [2.75, 3.05) is 30.7 Å². The summed E-state index contributed by atoms with van der Waals surface area (Å²) in [4.78, 5) is 14.1. The Kier molecular flexibility index (Phi) is 5.08. The molecule has 2 rings (SSSR count). The fourth-order valence-corrected chi connectivity index (χ4v) is 2.86. The number of carbonyl (C=O) groups excluding carboxylic acids is 1. The minimum Gasteiger partial charge on any atom is -0.399 e. The second-order valence-corrected chi connectivity index (χ2v) is 6.32. The zero-order valence-electron chi connectivity index (χ0n) is 12.2. The number of benzene rings is 1. The Labute approximate surface area is 130 Å². The number of nitrogens with two attached hydrogens (primary N) is 1. The van der Waals surface area contributed by atoms with Crippen LogP contribution in [0.2, 0.25) is 5.02 Å². The number of likely N-dealkylation sites (tertiary alicyclic amines) is 1. The monoisotopic (exact) mass is 311 g/mol. The first-order valence-corrected chi connectivity index (χ1v) is 7.53. The Morgan fingerprint density at radius 1 is 1.57 bits per heavy atom. The van der Waals surface area contributed by atoms with Gasteiger partial charge in [0.1, 0.15) is 0 Å². The molecule has 1 aliphatic rings. The number of nitrogens with one attached hydrogen (secondary N) is 1. The predicted molar refractivity (Wildman–Crippen MR) is 85.4 cm³/mol. The molecule has 21 heavy (non-hydrogen) atoms. The molecule has 0 saturated carbocycles. The topological polar surface area (TPSA) is 78.6 Å². The number of carbonyl (C=O) groups is 1. The second kappa shape index (κ2) is 6.64. The lowest BCUT2D eigenvalue weighted by atomic mass is 9.95. The number of nitrogen functional groups attached to an aromatic ring is 1. The van der Waals surface area contributed by atoms with Crippen LogP contribution in [0.25, 0.3) is 0 Å². The first-order chi connectivity index (χ1) is 9.85. The van der Waals surface area contributed by atoms with Gasteiger partial charge < -0.3 is 16.2 Å². The van der Waals surface area contributed by atoms with E-state index in [-0.39, 0.29) is 5.91 Å². The first-order valence-electron chi connectivity index (χ1n) is 7.15. The number of hydrogen-bond acceptors (Lipinski definition) is 4. The van der Waals surface area contributed by atoms with Crippen LogP contribution in [0.3, 0.4) is 0 Å². The molecule has 1 amide bonds. The van der Waals surface area contributed by atoms with Gasteiger partial charge in [0.25, 0.3) is 0 Å². The number of aliphatic hydroxyl groups is 1. The van der Waals surface area contributed by atoms with Crippen molar-refractivity contribution in [2.45, 2.75) is 31.8 Å². The zero-order valence-corrected chi connectivity index (χ0v) is 13.0. The smallest absolute Gasteiger partial charge is 0.225 e. The summed E-state index contributed by atoms with van der Waals surface area (Å²) in [6, 6.07) is 5.00. The molecule has 0 radical (unpaired) electrons. The number of amides is 1. The Balaban J connectivity index is 1.82. The van der Waals surface area contributed by atoms with E-state index in [1.165, 1.54) is 0 Å². The minimum absolute atomic E-state index is 0.0908. The molecule has 0 spiro atoms. The summed E-state index contributed by atoms with van der Waals surface area (Å²) in [6.07, 6.45) is 2.14. The number of nitrogens with zero attached hydrogens (tertiary/aromatic N) is 1. The van der Waals surface area contributed by atoms with Gasteiger partial charge in [0.05, 0.1) is 16.3 Å². The third kappa shape index (κ3) is 4.88. The maximum atomic E-state index is 12.0. The lowest BCUT2D eigenvalue weighted by Gasteiger charge is -2.36. The number of halogens is 1. The van der Waals surface area contributed by atoms with Crippen molar-refractivity contribution in [3.05, 3.63) is 23.2 Å². The van der Waals surface area contributed by atoms with Gasteiger partial charge in [0.15, 0.2) is 0 Å². The van der Waals surface area contributed by atoms with Gasteiger partial charge in [0.2, 0.25) is 5.91 Å². The van der Waals surface area contributed by atoms with Crippen molar-refractivity contribution < 1.29 is 9.90 Å². The van der Waals surface area contributed by atoms with E-state index in [2.05, 4.69) is 10.2 Å². The molecule has 4 N–H and O–H groups in total. The van der Waals surface area contributed by atoms with Crippen molar-refractivity contribution in [1.29, 1.82) is 0 Å². The van der Waals surface area contributed by atoms with Crippen molar-refractivity contribution >= 4 is 28.9 Å². The number of rotatable bonds is 4. The van der Waals surface area contributed by atoms with E-state index in [4.69, 9.17) is 17.3 Å². The molecule has 1 saturated heterocycles. The van der Waals surface area contributed by atoms with Crippen molar-refractivity contribution in [2.24, 2.45) is 0 Å². The highest BCUT2D eigenvalue weighted by Crippen LogP contribution is 2.24. The Bertz CT molecular complexity index is 520. The summed E-state index contributed by atoms with van der Waals surface area (Å²) in [6.45, 7) is 4.01. The van der Waals surface area contributed by atoms with Crippen LogP contribution in [-0.4, -0.2) is 41.1 Å². The van der Waals surface area contributed by atoms with Crippen molar-refractivity contribution in [3.63, 3.8) is 0 Å². The average molecular weight is 312 g/mol. The van der Waals surface area contributed by atoms with E-state index < -0.39 is 5.60 Å². The number of β-amino-alcohol motifs (C(OH)–C–C–N with tert-alkyl or cyclic N) is 1. The van der Waals surface area contributed by atoms with Gasteiger partial charge in [-0.3, -0.25) is 9.69 Å². The van der Waals surface area contributed by atoms with Crippen LogP contribution >= 0.6 is 11.6 Å². The summed E-state index contributed by atoms with van der Waals surface area (Å²) in [7, 11) is 0. The second-order valence-electron chi connectivity index (χ2n) is 5.91. The number of piperidine rings is 1. The molecule has 6 heteroatoms. The number of hydrogen-bond donors (Lipinski definition) is 3. The molecule has 1 aliphatic heterocycles. The summed E-state index contributed by atoms with van der Waals surface area (Å²) in [5.74, 6) is -0.0908. The van der Waals surface area contributed by atoms with E-state index in [9.17, 15) is 9.90 Å². The maximum Gasteiger partial charge on any atom is 0.225 e. The molecule has 0 aromatic heterocycles. The molecular formula is C15H22ClN3O2. The Hall–Kier alpha value is -1.30. The molecule has 1 aromatic carbocycles. The fourth-order valence-electron chi connectivity index (χ4n) is 2.62. The highest BCUT2D eigenvalue weighted by molar-refractivity contribution is 6.34. The normalized spacial score (nSPS) is 23.0. The highest BCUT2D eigenvalue weighted by atomic mass is 35.5. The molecular weight excluding hydrogens is 290 g/mol. The van der Waals surface area contributed by atoms with Gasteiger partial charge in [-0.2, -0.15) is 0 Å². The summed E-state index contributed by atoms with van der Waals surface area (Å²) in [5.41, 5.74) is 6.10. The Morgan fingerprint density at radius 2 is 2.33 bits per heavy atom. The molecule has 1 aromatic rings. The minimum atomic E-state index is -0.644. The molecule has 0 bridgehead atoms. The van der Waals surface area contributed by atoms with Crippen LogP contribution < -0.4 is 11.1 Å². The molecule has 1 fully saturated rings. The highest BCUT2D eigenvalue weighted by Gasteiger charge is 2.28. The molecule has 116 valence electrons. The van der Waals surface area contributed by atoms with Gasteiger partial charge in [-0.1, -0.05) is 11.6 Å². The Morgan fingerprint density at radius 3 is 3.00 bits per heavy atom. The molecule has 1 atom stereocenters. The summed E-state index contributed by atoms with van der Waals surface area (Å²) < 4.78 is 0. The van der Waals surface area contributed by atoms with Gasteiger partial charge in [-0.25, -0.2) is 0 Å². The standard InChI is InChI=1S/C15H22ClN3O2/c1-15(21)6-2-7-19(10-15)8-5-14(20)18-13-4-3-11(17)9-12(13)16/h3-4,9,21H,2,5-8,10,17H2,1H3,(H,18,20). The van der Waals surface area contributed by atoms with E-state index >= 15 is 0 Å². The first kappa shape index (κ1) is 16.1. The van der Waals surface area contributed by atoms with Gasteiger partial charge in [-0.05, 0) is 44.5 Å². The van der Waals surface area contributed by atoms with E-state index in [1.54, 1.807) is 18.2 Å². The third-order valence-electron chi connectivity index (χ3n) is 3.68. The van der Waals surface area contributed by atoms with Gasteiger partial charge >= 0.3 is 0 Å². The average Bonchev–Trinajstić information content (AvgIpc) is 2.39. The van der Waals surface area contributed by atoms with Crippen LogP contribution in [0, 0.1) is 0 Å². The number of anilines is 2. The zero-order chi connectivity index (χ0) is 15.5. The lowest BCUT2D eigenvalue weighted by Crippen LogP contribution is -2.46. The maximum absolute atomic E-state index is 12.0. The van der Waals surface area contributed by atoms with Crippen LogP contribution in [0.4, 0.5) is 11.4 Å². The van der Waals surface area contributed by atoms with E-state index in [0.717, 1.165) is 19.4 Å². The van der Waals surface area contributed by atoms with Crippen LogP contribution in [0.5, 0.6) is 0 Å². The predicted octanol–water partition coefficient (Wildman–Crippen LogP) is 2.10. The van der Waals surface area contributed by atoms with Crippen LogP contribution in [0.1, 0.15) is 26.2 Å².